The molecule has 1 rings (SSSR count). The van der Waals surface area contributed by atoms with Crippen molar-refractivity contribution in [2.75, 3.05) is 7.11 Å². The quantitative estimate of drug-likeness (QED) is 0.848. The molecule has 3 N–H and O–H groups in total. The molecule has 0 aliphatic carbocycles. The molecule has 18 heavy (non-hydrogen) atoms. The second-order valence-electron chi connectivity index (χ2n) is 3.05. The SMILES string of the molecule is COc1nc(C(=O)O)cc(OC(F)(F)F)c1CN. The molecular formula is C9H9F3N2O4. The molecule has 1 aromatic heterocycles. The normalized spacial score (nSPS) is 11.2. The third-order valence-corrected chi connectivity index (χ3v) is 1.89. The Bertz CT molecular complexity index is 462. The maximum Gasteiger partial charge on any atom is 0.573 e. The zero-order valence-electron chi connectivity index (χ0n) is 9.11. The van der Waals surface area contributed by atoms with E-state index >= 15 is 0 Å². The van der Waals surface area contributed by atoms with Gasteiger partial charge in [0.1, 0.15) is 5.75 Å². The van der Waals surface area contributed by atoms with Crippen molar-refractivity contribution >= 4 is 5.97 Å². The third-order valence-electron chi connectivity index (χ3n) is 1.89. The summed E-state index contributed by atoms with van der Waals surface area (Å²) in [6, 6.07) is 0.639. The van der Waals surface area contributed by atoms with Gasteiger partial charge in [0, 0.05) is 12.6 Å². The molecule has 0 atom stereocenters. The van der Waals surface area contributed by atoms with Crippen molar-refractivity contribution in [3.05, 3.63) is 17.3 Å². The van der Waals surface area contributed by atoms with E-state index in [0.717, 1.165) is 7.11 Å². The Kier molecular flexibility index (Phi) is 3.96. The molecule has 0 aliphatic heterocycles. The van der Waals surface area contributed by atoms with Crippen LogP contribution in [0, 0.1) is 0 Å². The lowest BCUT2D eigenvalue weighted by molar-refractivity contribution is -0.275. The minimum atomic E-state index is -4.97. The van der Waals surface area contributed by atoms with Gasteiger partial charge in [-0.15, -0.1) is 13.2 Å². The average Bonchev–Trinajstić information content (AvgIpc) is 2.25. The smallest absolute Gasteiger partial charge is 0.481 e. The third kappa shape index (κ3) is 3.23. The fraction of sp³-hybridized carbons (Fsp3) is 0.333. The van der Waals surface area contributed by atoms with E-state index in [1.165, 1.54) is 0 Å². The van der Waals surface area contributed by atoms with Gasteiger partial charge in [0.05, 0.1) is 12.7 Å². The predicted octanol–water partition coefficient (Wildman–Crippen LogP) is 1.15. The second kappa shape index (κ2) is 5.08. The van der Waals surface area contributed by atoms with Crippen LogP contribution in [-0.4, -0.2) is 29.5 Å². The molecule has 0 spiro atoms. The summed E-state index contributed by atoms with van der Waals surface area (Å²) in [6.07, 6.45) is -4.97. The molecule has 0 unspecified atom stereocenters. The van der Waals surface area contributed by atoms with E-state index in [1.807, 2.05) is 0 Å². The van der Waals surface area contributed by atoms with Gasteiger partial charge in [-0.3, -0.25) is 0 Å². The van der Waals surface area contributed by atoms with Gasteiger partial charge in [-0.25, -0.2) is 9.78 Å². The molecule has 0 saturated carbocycles. The molecule has 0 amide bonds. The van der Waals surface area contributed by atoms with Crippen LogP contribution < -0.4 is 15.2 Å². The highest BCUT2D eigenvalue weighted by Crippen LogP contribution is 2.31. The Morgan fingerprint density at radius 1 is 1.56 bits per heavy atom. The molecule has 0 aromatic carbocycles. The van der Waals surface area contributed by atoms with E-state index in [2.05, 4.69) is 14.5 Å². The number of methoxy groups -OCH3 is 1. The number of hydrogen-bond donors (Lipinski definition) is 2. The van der Waals surface area contributed by atoms with E-state index in [4.69, 9.17) is 10.8 Å². The maximum absolute atomic E-state index is 12.2. The Morgan fingerprint density at radius 2 is 2.17 bits per heavy atom. The predicted molar refractivity (Wildman–Crippen MR) is 52.3 cm³/mol. The minimum absolute atomic E-state index is 0.167. The van der Waals surface area contributed by atoms with E-state index in [-0.39, 0.29) is 18.0 Å². The zero-order chi connectivity index (χ0) is 13.9. The van der Waals surface area contributed by atoms with Gasteiger partial charge >= 0.3 is 12.3 Å². The summed E-state index contributed by atoms with van der Waals surface area (Å²) in [5.74, 6) is -2.57. The Morgan fingerprint density at radius 3 is 2.56 bits per heavy atom. The van der Waals surface area contributed by atoms with Gasteiger partial charge in [0.2, 0.25) is 5.88 Å². The standard InChI is InChI=1S/C9H9F3N2O4/c1-17-7-4(3-13)6(18-9(10,11)12)2-5(14-7)8(15)16/h2H,3,13H2,1H3,(H,15,16). The minimum Gasteiger partial charge on any atom is -0.481 e. The second-order valence-corrected chi connectivity index (χ2v) is 3.05. The molecule has 0 bridgehead atoms. The highest BCUT2D eigenvalue weighted by molar-refractivity contribution is 5.86. The summed E-state index contributed by atoms with van der Waals surface area (Å²) in [5.41, 5.74) is 4.45. The fourth-order valence-electron chi connectivity index (χ4n) is 1.21. The van der Waals surface area contributed by atoms with Crippen molar-refractivity contribution in [3.63, 3.8) is 0 Å². The van der Waals surface area contributed by atoms with Crippen LogP contribution in [0.4, 0.5) is 13.2 Å². The van der Waals surface area contributed by atoms with Gasteiger partial charge in [0.15, 0.2) is 5.69 Å². The number of carboxylic acids is 1. The zero-order valence-corrected chi connectivity index (χ0v) is 9.11. The van der Waals surface area contributed by atoms with Crippen LogP contribution in [0.2, 0.25) is 0 Å². The van der Waals surface area contributed by atoms with E-state index in [9.17, 15) is 18.0 Å². The number of halogens is 3. The summed E-state index contributed by atoms with van der Waals surface area (Å²) in [5, 5.41) is 8.71. The first-order valence-corrected chi connectivity index (χ1v) is 4.55. The summed E-state index contributed by atoms with van der Waals surface area (Å²) in [7, 11) is 1.13. The number of carboxylic acid groups (broad SMARTS) is 1. The van der Waals surface area contributed by atoms with Crippen LogP contribution in [0.5, 0.6) is 11.6 Å². The molecule has 0 saturated heterocycles. The summed E-state index contributed by atoms with van der Waals surface area (Å²) < 4.78 is 44.8. The van der Waals surface area contributed by atoms with Crippen LogP contribution in [-0.2, 0) is 6.54 Å². The van der Waals surface area contributed by atoms with Crippen molar-refractivity contribution < 1.29 is 32.5 Å². The van der Waals surface area contributed by atoms with Crippen LogP contribution in [0.3, 0.4) is 0 Å². The van der Waals surface area contributed by atoms with Crippen molar-refractivity contribution in [2.45, 2.75) is 12.9 Å². The van der Waals surface area contributed by atoms with Crippen molar-refractivity contribution in [1.29, 1.82) is 0 Å². The topological polar surface area (TPSA) is 94.7 Å². The van der Waals surface area contributed by atoms with Gasteiger partial charge in [-0.2, -0.15) is 0 Å². The average molecular weight is 266 g/mol. The van der Waals surface area contributed by atoms with Gasteiger partial charge in [-0.05, 0) is 0 Å². The number of hydrogen-bond acceptors (Lipinski definition) is 5. The van der Waals surface area contributed by atoms with Crippen LogP contribution >= 0.6 is 0 Å². The highest BCUT2D eigenvalue weighted by Gasteiger charge is 2.33. The number of aromatic carboxylic acids is 1. The number of rotatable bonds is 4. The van der Waals surface area contributed by atoms with Crippen molar-refractivity contribution in [2.24, 2.45) is 5.73 Å². The largest absolute Gasteiger partial charge is 0.573 e. The van der Waals surface area contributed by atoms with Crippen molar-refractivity contribution in [1.82, 2.24) is 4.98 Å². The first kappa shape index (κ1) is 14.0. The molecule has 0 fully saturated rings. The lowest BCUT2D eigenvalue weighted by Gasteiger charge is -2.15. The van der Waals surface area contributed by atoms with Crippen molar-refractivity contribution in [3.8, 4) is 11.6 Å². The number of carbonyl (C=O) groups is 1. The lowest BCUT2D eigenvalue weighted by Crippen LogP contribution is -2.20. The molecule has 100 valence electrons. The van der Waals surface area contributed by atoms with Gasteiger partial charge in [-0.1, -0.05) is 0 Å². The first-order chi connectivity index (χ1) is 8.28. The highest BCUT2D eigenvalue weighted by atomic mass is 19.4. The van der Waals surface area contributed by atoms with E-state index < -0.39 is 23.8 Å². The molecule has 0 aliphatic rings. The number of aromatic nitrogens is 1. The molecule has 9 heteroatoms. The van der Waals surface area contributed by atoms with Gasteiger partial charge in [0.25, 0.3) is 0 Å². The fourth-order valence-corrected chi connectivity index (χ4v) is 1.21. The van der Waals surface area contributed by atoms with Gasteiger partial charge < -0.3 is 20.3 Å². The maximum atomic E-state index is 12.2. The number of ether oxygens (including phenoxy) is 2. The molecule has 6 nitrogen and oxygen atoms in total. The number of alkyl halides is 3. The van der Waals surface area contributed by atoms with E-state index in [1.54, 1.807) is 0 Å². The van der Waals surface area contributed by atoms with Crippen LogP contribution in [0.1, 0.15) is 16.1 Å². The molecule has 1 aromatic rings. The molecule has 1 heterocycles. The monoisotopic (exact) mass is 266 g/mol. The summed E-state index contributed by atoms with van der Waals surface area (Å²) in [6.45, 7) is -0.346. The summed E-state index contributed by atoms with van der Waals surface area (Å²) >= 11 is 0. The Labute approximate surface area is 99.1 Å². The number of pyridine rings is 1. The molecule has 0 radical (unpaired) electrons. The Balaban J connectivity index is 3.35. The van der Waals surface area contributed by atoms with E-state index in [0.29, 0.717) is 6.07 Å². The van der Waals surface area contributed by atoms with Crippen LogP contribution in [0.25, 0.3) is 0 Å². The lowest BCUT2D eigenvalue weighted by atomic mass is 10.2. The number of nitrogens with zero attached hydrogens (tertiary/aromatic N) is 1. The van der Waals surface area contributed by atoms with Crippen LogP contribution in [0.15, 0.2) is 6.07 Å². The Hall–Kier alpha value is -2.03. The summed E-state index contributed by atoms with van der Waals surface area (Å²) in [4.78, 5) is 14.2. The molecular weight excluding hydrogens is 257 g/mol. The number of nitrogens with two attached hydrogens (primary N) is 1. The first-order valence-electron chi connectivity index (χ1n) is 4.55.